The van der Waals surface area contributed by atoms with Gasteiger partial charge in [0.15, 0.2) is 5.91 Å². The van der Waals surface area contributed by atoms with Crippen molar-refractivity contribution in [1.29, 1.82) is 0 Å². The molecule has 0 aliphatic rings. The third-order valence-electron chi connectivity index (χ3n) is 1.47. The summed E-state index contributed by atoms with van der Waals surface area (Å²) in [5.74, 6) is 0.357. The normalized spacial score (nSPS) is 10.9. The molecule has 0 bridgehead atoms. The molecule has 4 nitrogen and oxygen atoms in total. The molecule has 0 aromatic rings. The van der Waals surface area contributed by atoms with E-state index in [1.54, 1.807) is 21.3 Å². The van der Waals surface area contributed by atoms with Crippen LogP contribution in [0.25, 0.3) is 0 Å². The molecule has 0 saturated heterocycles. The third kappa shape index (κ3) is 4.92. The summed E-state index contributed by atoms with van der Waals surface area (Å²) in [5.41, 5.74) is 1.01. The van der Waals surface area contributed by atoms with Crippen LogP contribution >= 0.6 is 0 Å². The molecule has 0 unspecified atom stereocenters. The van der Waals surface area contributed by atoms with Crippen LogP contribution < -0.4 is 0 Å². The van der Waals surface area contributed by atoms with E-state index in [1.807, 2.05) is 13.8 Å². The van der Waals surface area contributed by atoms with E-state index in [9.17, 15) is 0 Å². The quantitative estimate of drug-likeness (QED) is 0.361. The minimum atomic E-state index is -0.903. The van der Waals surface area contributed by atoms with Crippen LogP contribution in [0, 0.1) is 0 Å². The van der Waals surface area contributed by atoms with Crippen molar-refractivity contribution in [2.45, 2.75) is 19.8 Å². The number of methoxy groups -OCH3 is 3. The molecular weight excluding hydrogens is 188 g/mol. The highest BCUT2D eigenvalue weighted by Gasteiger charge is 2.09. The topological polar surface area (TPSA) is 36.9 Å². The van der Waals surface area contributed by atoms with Crippen LogP contribution in [-0.4, -0.2) is 37.0 Å². The second-order valence-corrected chi connectivity index (χ2v) is 3.99. The van der Waals surface area contributed by atoms with Crippen molar-refractivity contribution < 1.29 is 18.6 Å². The van der Waals surface area contributed by atoms with Gasteiger partial charge in [0.05, 0.1) is 7.11 Å². The van der Waals surface area contributed by atoms with Crippen LogP contribution in [0.1, 0.15) is 13.8 Å². The van der Waals surface area contributed by atoms with Crippen molar-refractivity contribution in [2.24, 2.45) is 0 Å². The molecular formula is C8H18O4Si. The van der Waals surface area contributed by atoms with Crippen LogP contribution in [-0.2, 0) is 18.6 Å². The molecule has 0 radical (unpaired) electrons. The molecule has 0 aromatic heterocycles. The van der Waals surface area contributed by atoms with Gasteiger partial charge in [-0.3, -0.25) is 0 Å². The maximum atomic E-state index is 5.44. The van der Waals surface area contributed by atoms with E-state index in [0.717, 1.165) is 5.57 Å². The summed E-state index contributed by atoms with van der Waals surface area (Å²) >= 11 is 0. The average Bonchev–Trinajstić information content (AvgIpc) is 2.12. The number of hydrogen-bond acceptors (Lipinski definition) is 4. The summed E-state index contributed by atoms with van der Waals surface area (Å²) in [6.07, 6.45) is 0. The molecule has 0 atom stereocenters. The number of hydrogen-bond donors (Lipinski definition) is 0. The molecule has 0 saturated carbocycles. The Labute approximate surface area is 81.8 Å². The minimum absolute atomic E-state index is 0.218. The second-order valence-electron chi connectivity index (χ2n) is 2.70. The lowest BCUT2D eigenvalue weighted by molar-refractivity contribution is -0.0537. The highest BCUT2D eigenvalue weighted by atomic mass is 28.2. The van der Waals surface area contributed by atoms with E-state index in [1.165, 1.54) is 0 Å². The Balaban J connectivity index is 3.92. The molecule has 0 aromatic carbocycles. The van der Waals surface area contributed by atoms with Crippen molar-refractivity contribution in [3.05, 3.63) is 11.5 Å². The van der Waals surface area contributed by atoms with Gasteiger partial charge in [0.2, 0.25) is 0 Å². The van der Waals surface area contributed by atoms with Gasteiger partial charge in [0.25, 0.3) is 15.7 Å². The van der Waals surface area contributed by atoms with Crippen LogP contribution in [0.15, 0.2) is 11.5 Å². The zero-order valence-electron chi connectivity index (χ0n) is 8.92. The van der Waals surface area contributed by atoms with E-state index in [2.05, 4.69) is 0 Å². The Morgan fingerprint density at radius 2 is 1.62 bits per heavy atom. The first kappa shape index (κ1) is 12.5. The van der Waals surface area contributed by atoms with Crippen molar-refractivity contribution >= 4 is 9.76 Å². The number of allylic oxidation sites excluding steroid dienone is 1. The minimum Gasteiger partial charge on any atom is -0.519 e. The van der Waals surface area contributed by atoms with E-state index in [4.69, 9.17) is 18.6 Å². The van der Waals surface area contributed by atoms with E-state index < -0.39 is 9.76 Å². The summed E-state index contributed by atoms with van der Waals surface area (Å²) in [6, 6.07) is 0. The monoisotopic (exact) mass is 206 g/mol. The summed E-state index contributed by atoms with van der Waals surface area (Å²) in [6.45, 7) is 3.86. The fraction of sp³-hybridized carbons (Fsp3) is 0.750. The molecule has 5 heteroatoms. The lowest BCUT2D eigenvalue weighted by Crippen LogP contribution is -2.24. The highest BCUT2D eigenvalue weighted by molar-refractivity contribution is 6.28. The second kappa shape index (κ2) is 6.94. The van der Waals surface area contributed by atoms with Gasteiger partial charge >= 0.3 is 0 Å². The van der Waals surface area contributed by atoms with Crippen LogP contribution in [0.3, 0.4) is 0 Å². The highest BCUT2D eigenvalue weighted by Crippen LogP contribution is 2.05. The molecule has 0 amide bonds. The molecule has 0 N–H and O–H groups in total. The fourth-order valence-electron chi connectivity index (χ4n) is 0.783. The van der Waals surface area contributed by atoms with Crippen molar-refractivity contribution in [1.82, 2.24) is 0 Å². The zero-order chi connectivity index (χ0) is 10.3. The molecule has 0 rings (SSSR count). The lowest BCUT2D eigenvalue weighted by atomic mass is 10.4. The zero-order valence-corrected chi connectivity index (χ0v) is 10.3. The average molecular weight is 206 g/mol. The van der Waals surface area contributed by atoms with Gasteiger partial charge in [-0.15, -0.1) is 0 Å². The maximum Gasteiger partial charge on any atom is 0.282 e. The van der Waals surface area contributed by atoms with E-state index in [0.29, 0.717) is 5.95 Å². The Hall–Kier alpha value is -0.523. The third-order valence-corrected chi connectivity index (χ3v) is 2.84. The van der Waals surface area contributed by atoms with E-state index >= 15 is 0 Å². The predicted octanol–water partition coefficient (Wildman–Crippen LogP) is 0.561. The van der Waals surface area contributed by atoms with Crippen molar-refractivity contribution in [3.63, 3.8) is 0 Å². The predicted molar refractivity (Wildman–Crippen MR) is 52.8 cm³/mol. The molecule has 0 heterocycles. The van der Waals surface area contributed by atoms with Gasteiger partial charge < -0.3 is 18.6 Å². The lowest BCUT2D eigenvalue weighted by Gasteiger charge is -2.15. The Morgan fingerprint density at radius 3 is 1.92 bits per heavy atom. The first-order chi connectivity index (χ1) is 6.15. The van der Waals surface area contributed by atoms with Crippen LogP contribution in [0.4, 0.5) is 0 Å². The van der Waals surface area contributed by atoms with Gasteiger partial charge in [-0.05, 0) is 13.8 Å². The standard InChI is InChI=1S/C8H18O4Si/c1-6(2)7(9-3)12-13-8(10-4)11-5/h8H,13H2,1-5H3. The van der Waals surface area contributed by atoms with Gasteiger partial charge in [0, 0.05) is 19.8 Å². The van der Waals surface area contributed by atoms with Gasteiger partial charge in [-0.25, -0.2) is 0 Å². The first-order valence-corrected chi connectivity index (χ1v) is 5.45. The largest absolute Gasteiger partial charge is 0.519 e. The fourth-order valence-corrected chi connectivity index (χ4v) is 1.75. The number of ether oxygens (including phenoxy) is 3. The summed E-state index contributed by atoms with van der Waals surface area (Å²) < 4.78 is 20.5. The SMILES string of the molecule is COC(O[SiH2]C(OC)OC)=C(C)C. The van der Waals surface area contributed by atoms with Gasteiger partial charge in [0.1, 0.15) is 0 Å². The van der Waals surface area contributed by atoms with Crippen LogP contribution in [0.2, 0.25) is 0 Å². The maximum absolute atomic E-state index is 5.44. The van der Waals surface area contributed by atoms with Gasteiger partial charge in [-0.2, -0.15) is 0 Å². The molecule has 0 spiro atoms. The Bertz CT molecular complexity index is 162. The molecule has 78 valence electrons. The first-order valence-electron chi connectivity index (χ1n) is 4.05. The van der Waals surface area contributed by atoms with Crippen molar-refractivity contribution in [2.75, 3.05) is 21.3 Å². The summed E-state index contributed by atoms with van der Waals surface area (Å²) in [7, 11) is 3.88. The van der Waals surface area contributed by atoms with Gasteiger partial charge in [-0.1, -0.05) is 0 Å². The Morgan fingerprint density at radius 1 is 1.08 bits per heavy atom. The van der Waals surface area contributed by atoms with E-state index in [-0.39, 0.29) is 5.91 Å². The van der Waals surface area contributed by atoms with Crippen molar-refractivity contribution in [3.8, 4) is 0 Å². The molecule has 13 heavy (non-hydrogen) atoms. The molecule has 0 aliphatic heterocycles. The molecule has 0 fully saturated rings. The summed E-state index contributed by atoms with van der Waals surface area (Å²) in [5, 5.41) is 0. The Kier molecular flexibility index (Phi) is 6.66. The number of rotatable bonds is 6. The smallest absolute Gasteiger partial charge is 0.282 e. The summed E-state index contributed by atoms with van der Waals surface area (Å²) in [4.78, 5) is 0. The molecule has 0 aliphatic carbocycles. The van der Waals surface area contributed by atoms with Crippen LogP contribution in [0.5, 0.6) is 0 Å².